The third kappa shape index (κ3) is 4.40. The van der Waals surface area contributed by atoms with E-state index in [4.69, 9.17) is 14.2 Å². The Morgan fingerprint density at radius 1 is 0.935 bits per heavy atom. The van der Waals surface area contributed by atoms with Gasteiger partial charge in [0.1, 0.15) is 11.5 Å². The van der Waals surface area contributed by atoms with Crippen molar-refractivity contribution in [3.05, 3.63) is 78.4 Å². The molecule has 1 amide bonds. The normalized spacial score (nSPS) is 16.8. The van der Waals surface area contributed by atoms with Gasteiger partial charge in [-0.25, -0.2) is 4.79 Å². The van der Waals surface area contributed by atoms with Crippen molar-refractivity contribution in [3.63, 3.8) is 0 Å². The van der Waals surface area contributed by atoms with Crippen LogP contribution in [0.15, 0.2) is 72.8 Å². The Kier molecular flexibility index (Phi) is 5.32. The lowest BCUT2D eigenvalue weighted by Crippen LogP contribution is -2.49. The van der Waals surface area contributed by atoms with Gasteiger partial charge in [-0.05, 0) is 47.5 Å². The summed E-state index contributed by atoms with van der Waals surface area (Å²) in [6, 6.07) is 22.8. The van der Waals surface area contributed by atoms with E-state index >= 15 is 0 Å². The number of hydrogen-bond acceptors (Lipinski definition) is 5. The molecule has 2 aliphatic heterocycles. The van der Waals surface area contributed by atoms with Crippen LogP contribution in [0.5, 0.6) is 11.5 Å². The molecule has 2 N–H and O–H groups in total. The van der Waals surface area contributed by atoms with Crippen LogP contribution in [0.4, 0.5) is 10.5 Å². The molecule has 1 fully saturated rings. The molecule has 1 spiro atoms. The summed E-state index contributed by atoms with van der Waals surface area (Å²) in [7, 11) is 0. The van der Waals surface area contributed by atoms with Gasteiger partial charge in [0, 0.05) is 37.2 Å². The average molecular weight is 416 g/mol. The minimum Gasteiger partial charge on any atom is -0.462 e. The molecule has 0 unspecified atom stereocenters. The quantitative estimate of drug-likeness (QED) is 0.632. The van der Waals surface area contributed by atoms with E-state index in [1.54, 1.807) is 12.1 Å². The molecule has 3 aromatic carbocycles. The minimum absolute atomic E-state index is 0.497. The molecule has 0 atom stereocenters. The molecule has 0 bridgehead atoms. The van der Waals surface area contributed by atoms with Crippen molar-refractivity contribution in [2.75, 3.05) is 18.4 Å². The SMILES string of the molecule is O=C(Nc1cccc(-c2ccc3c(c2)COC2(CCNCC2)O3)c1)Oc1ccccc1. The van der Waals surface area contributed by atoms with Crippen LogP contribution in [0.3, 0.4) is 0 Å². The van der Waals surface area contributed by atoms with Gasteiger partial charge in [0.05, 0.1) is 6.61 Å². The maximum absolute atomic E-state index is 12.2. The van der Waals surface area contributed by atoms with Crippen molar-refractivity contribution in [1.82, 2.24) is 5.32 Å². The second kappa shape index (κ2) is 8.41. The van der Waals surface area contributed by atoms with Crippen molar-refractivity contribution in [2.45, 2.75) is 25.2 Å². The molecular weight excluding hydrogens is 392 g/mol. The molecule has 2 aliphatic rings. The minimum atomic E-state index is -0.525. The fourth-order valence-corrected chi connectivity index (χ4v) is 3.98. The number of carbonyl (C=O) groups is 1. The van der Waals surface area contributed by atoms with Crippen molar-refractivity contribution >= 4 is 11.8 Å². The standard InChI is InChI=1S/C25H24N2O4/c28-24(30-22-7-2-1-3-8-22)27-21-6-4-5-18(16-21)19-9-10-23-20(15-19)17-29-25(31-23)11-13-26-14-12-25/h1-10,15-16,26H,11-14,17H2,(H,27,28). The molecule has 0 saturated carbocycles. The van der Waals surface area contributed by atoms with E-state index in [2.05, 4.69) is 16.7 Å². The Bertz CT molecular complexity index is 1080. The maximum Gasteiger partial charge on any atom is 0.417 e. The van der Waals surface area contributed by atoms with Gasteiger partial charge in [-0.2, -0.15) is 0 Å². The van der Waals surface area contributed by atoms with Crippen LogP contribution >= 0.6 is 0 Å². The summed E-state index contributed by atoms with van der Waals surface area (Å²) in [5.41, 5.74) is 3.72. The third-order valence-electron chi connectivity index (χ3n) is 5.61. The zero-order chi connectivity index (χ0) is 21.1. The van der Waals surface area contributed by atoms with Crippen LogP contribution in [-0.4, -0.2) is 25.0 Å². The molecule has 31 heavy (non-hydrogen) atoms. The molecule has 0 aliphatic carbocycles. The number of benzene rings is 3. The van der Waals surface area contributed by atoms with Gasteiger partial charge in [0.15, 0.2) is 0 Å². The van der Waals surface area contributed by atoms with Crippen LogP contribution in [0.1, 0.15) is 18.4 Å². The number of nitrogens with one attached hydrogen (secondary N) is 2. The number of anilines is 1. The summed E-state index contributed by atoms with van der Waals surface area (Å²) in [5, 5.41) is 6.13. The Hall–Kier alpha value is -3.35. The maximum atomic E-state index is 12.2. The Morgan fingerprint density at radius 2 is 1.74 bits per heavy atom. The van der Waals surface area contributed by atoms with Gasteiger partial charge in [0.2, 0.25) is 5.79 Å². The monoisotopic (exact) mass is 416 g/mol. The topological polar surface area (TPSA) is 68.8 Å². The van der Waals surface area contributed by atoms with Crippen LogP contribution < -0.4 is 20.1 Å². The summed E-state index contributed by atoms with van der Waals surface area (Å²) in [6.45, 7) is 2.34. The zero-order valence-corrected chi connectivity index (χ0v) is 17.1. The van der Waals surface area contributed by atoms with Crippen LogP contribution in [0.25, 0.3) is 11.1 Å². The van der Waals surface area contributed by atoms with E-state index in [0.29, 0.717) is 18.0 Å². The number of ether oxygens (including phenoxy) is 3. The van der Waals surface area contributed by atoms with Gasteiger partial charge in [0.25, 0.3) is 0 Å². The van der Waals surface area contributed by atoms with E-state index in [1.807, 2.05) is 54.6 Å². The second-order valence-electron chi connectivity index (χ2n) is 7.78. The first-order valence-electron chi connectivity index (χ1n) is 10.5. The molecule has 5 rings (SSSR count). The van der Waals surface area contributed by atoms with Gasteiger partial charge in [-0.15, -0.1) is 0 Å². The van der Waals surface area contributed by atoms with Crippen LogP contribution in [-0.2, 0) is 11.3 Å². The highest BCUT2D eigenvalue weighted by Gasteiger charge is 2.38. The number of carbonyl (C=O) groups excluding carboxylic acids is 1. The van der Waals surface area contributed by atoms with E-state index in [1.165, 1.54) is 0 Å². The number of hydrogen-bond donors (Lipinski definition) is 2. The largest absolute Gasteiger partial charge is 0.462 e. The lowest BCUT2D eigenvalue weighted by molar-refractivity contribution is -0.218. The van der Waals surface area contributed by atoms with Gasteiger partial charge in [-0.1, -0.05) is 36.4 Å². The van der Waals surface area contributed by atoms with Crippen molar-refractivity contribution in [3.8, 4) is 22.6 Å². The van der Waals surface area contributed by atoms with Crippen LogP contribution in [0.2, 0.25) is 0 Å². The summed E-state index contributed by atoms with van der Waals surface area (Å²) in [5.74, 6) is 0.887. The molecule has 6 nitrogen and oxygen atoms in total. The molecule has 0 aromatic heterocycles. The first-order valence-corrected chi connectivity index (χ1v) is 10.5. The van der Waals surface area contributed by atoms with E-state index in [0.717, 1.165) is 48.4 Å². The van der Waals surface area contributed by atoms with Crippen LogP contribution in [0, 0.1) is 0 Å². The lowest BCUT2D eigenvalue weighted by atomic mass is 9.99. The highest BCUT2D eigenvalue weighted by Crippen LogP contribution is 2.38. The van der Waals surface area contributed by atoms with Gasteiger partial charge in [-0.3, -0.25) is 5.32 Å². The number of rotatable bonds is 3. The van der Waals surface area contributed by atoms with E-state index in [9.17, 15) is 4.79 Å². The van der Waals surface area contributed by atoms with E-state index < -0.39 is 11.9 Å². The van der Waals surface area contributed by atoms with Gasteiger partial charge >= 0.3 is 6.09 Å². The molecule has 1 saturated heterocycles. The van der Waals surface area contributed by atoms with Crippen molar-refractivity contribution in [2.24, 2.45) is 0 Å². The molecule has 158 valence electrons. The average Bonchev–Trinajstić information content (AvgIpc) is 2.80. The lowest BCUT2D eigenvalue weighted by Gasteiger charge is -2.41. The first kappa shape index (κ1) is 19.6. The van der Waals surface area contributed by atoms with Crippen molar-refractivity contribution in [1.29, 1.82) is 0 Å². The van der Waals surface area contributed by atoms with Crippen molar-refractivity contribution < 1.29 is 19.0 Å². The number of fused-ring (bicyclic) bond motifs is 1. The van der Waals surface area contributed by atoms with E-state index in [-0.39, 0.29) is 0 Å². The number of amides is 1. The first-order chi connectivity index (χ1) is 15.2. The smallest absolute Gasteiger partial charge is 0.417 e. The number of piperidine rings is 1. The Balaban J connectivity index is 1.30. The third-order valence-corrected chi connectivity index (χ3v) is 5.61. The van der Waals surface area contributed by atoms with Gasteiger partial charge < -0.3 is 19.5 Å². The highest BCUT2D eigenvalue weighted by atomic mass is 16.7. The summed E-state index contributed by atoms with van der Waals surface area (Å²) in [4.78, 5) is 12.2. The molecule has 2 heterocycles. The highest BCUT2D eigenvalue weighted by molar-refractivity contribution is 5.87. The second-order valence-corrected chi connectivity index (χ2v) is 7.78. The summed E-state index contributed by atoms with van der Waals surface area (Å²) in [6.07, 6.45) is 1.17. The summed E-state index contributed by atoms with van der Waals surface area (Å²) < 4.78 is 17.7. The zero-order valence-electron chi connectivity index (χ0n) is 17.1. The fraction of sp³-hybridized carbons (Fsp3) is 0.240. The molecule has 6 heteroatoms. The predicted octanol–water partition coefficient (Wildman–Crippen LogP) is 4.95. The predicted molar refractivity (Wildman–Crippen MR) is 118 cm³/mol. The molecule has 3 aromatic rings. The molecule has 0 radical (unpaired) electrons. The number of para-hydroxylation sites is 1. The Morgan fingerprint density at radius 3 is 2.58 bits per heavy atom. The fourth-order valence-electron chi connectivity index (χ4n) is 3.98. The summed E-state index contributed by atoms with van der Waals surface area (Å²) >= 11 is 0. The molecular formula is C25H24N2O4. The Labute approximate surface area is 181 Å².